The van der Waals surface area contributed by atoms with Gasteiger partial charge in [0.2, 0.25) is 0 Å². The van der Waals surface area contributed by atoms with Gasteiger partial charge in [-0.25, -0.2) is 0 Å². The van der Waals surface area contributed by atoms with E-state index in [1.165, 1.54) is 16.8 Å². The molecule has 0 aliphatic carbocycles. The number of halogens is 3. The Hall–Kier alpha value is -4.40. The number of aromatic nitrogens is 2. The number of benzene rings is 3. The molecule has 2 amide bonds. The average Bonchev–Trinajstić information content (AvgIpc) is 3.19. The van der Waals surface area contributed by atoms with E-state index >= 15 is 0 Å². The molecule has 4 rings (SSSR count). The first-order chi connectivity index (χ1) is 16.2. The largest absolute Gasteiger partial charge is 0.416 e. The van der Waals surface area contributed by atoms with Gasteiger partial charge in [-0.15, -0.1) is 0 Å². The summed E-state index contributed by atoms with van der Waals surface area (Å²) >= 11 is 0. The van der Waals surface area contributed by atoms with E-state index in [1.807, 2.05) is 6.07 Å². The summed E-state index contributed by atoms with van der Waals surface area (Å²) in [7, 11) is 1.61. The zero-order valence-corrected chi connectivity index (χ0v) is 17.9. The molecule has 0 spiro atoms. The standard InChI is InChI=1S/C25H19F3N4O2/c1-32-22(30-24(34)18-8-5-9-19(14-18)25(26,27)28)15-21(31-32)16-10-12-20(13-11-16)29-23(33)17-6-3-2-4-7-17/h2-15H,1H3,(H,29,33)(H,30,34). The van der Waals surface area contributed by atoms with Crippen LogP contribution in [0.3, 0.4) is 0 Å². The lowest BCUT2D eigenvalue weighted by Crippen LogP contribution is -2.15. The van der Waals surface area contributed by atoms with E-state index < -0.39 is 17.6 Å². The summed E-state index contributed by atoms with van der Waals surface area (Å²) in [6, 6.07) is 21.6. The van der Waals surface area contributed by atoms with Crippen LogP contribution in [0.15, 0.2) is 84.9 Å². The molecule has 3 aromatic carbocycles. The maximum absolute atomic E-state index is 12.9. The fourth-order valence-corrected chi connectivity index (χ4v) is 3.27. The summed E-state index contributed by atoms with van der Waals surface area (Å²) in [6.07, 6.45) is -4.54. The SMILES string of the molecule is Cn1nc(-c2ccc(NC(=O)c3ccccc3)cc2)cc1NC(=O)c1cccc(C(F)(F)F)c1. The van der Waals surface area contributed by atoms with Crippen molar-refractivity contribution in [2.24, 2.45) is 7.05 Å². The third-order valence-electron chi connectivity index (χ3n) is 5.05. The molecule has 2 N–H and O–H groups in total. The van der Waals surface area contributed by atoms with Gasteiger partial charge in [-0.3, -0.25) is 14.3 Å². The summed E-state index contributed by atoms with van der Waals surface area (Å²) in [5.41, 5.74) is 1.40. The van der Waals surface area contributed by atoms with Crippen LogP contribution in [-0.4, -0.2) is 21.6 Å². The molecule has 0 aliphatic rings. The first-order valence-electron chi connectivity index (χ1n) is 10.2. The molecule has 0 unspecified atom stereocenters. The second-order valence-corrected chi connectivity index (χ2v) is 7.47. The molecule has 1 heterocycles. The number of carbonyl (C=O) groups excluding carboxylic acids is 2. The van der Waals surface area contributed by atoms with Gasteiger partial charge in [0.15, 0.2) is 0 Å². The monoisotopic (exact) mass is 464 g/mol. The first-order valence-corrected chi connectivity index (χ1v) is 10.2. The fraction of sp³-hybridized carbons (Fsp3) is 0.0800. The first kappa shape index (κ1) is 22.8. The lowest BCUT2D eigenvalue weighted by atomic mass is 10.1. The Morgan fingerprint density at radius 1 is 0.794 bits per heavy atom. The lowest BCUT2D eigenvalue weighted by molar-refractivity contribution is -0.137. The maximum Gasteiger partial charge on any atom is 0.416 e. The van der Waals surface area contributed by atoms with Crippen molar-refractivity contribution in [2.75, 3.05) is 10.6 Å². The van der Waals surface area contributed by atoms with Gasteiger partial charge in [0.05, 0.1) is 11.3 Å². The molecular weight excluding hydrogens is 445 g/mol. The molecule has 6 nitrogen and oxygen atoms in total. The predicted octanol–water partition coefficient (Wildman–Crippen LogP) is 5.61. The van der Waals surface area contributed by atoms with Gasteiger partial charge in [-0.2, -0.15) is 18.3 Å². The Morgan fingerprint density at radius 2 is 1.44 bits per heavy atom. The number of rotatable bonds is 5. The van der Waals surface area contributed by atoms with Crippen molar-refractivity contribution in [3.05, 3.63) is 102 Å². The van der Waals surface area contributed by atoms with Crippen molar-refractivity contribution in [1.82, 2.24) is 9.78 Å². The molecule has 172 valence electrons. The van der Waals surface area contributed by atoms with Crippen LogP contribution in [0.1, 0.15) is 26.3 Å². The van der Waals surface area contributed by atoms with Gasteiger partial charge in [0.1, 0.15) is 5.82 Å². The minimum Gasteiger partial charge on any atom is -0.322 e. The number of amides is 2. The van der Waals surface area contributed by atoms with E-state index in [9.17, 15) is 22.8 Å². The predicted molar refractivity (Wildman–Crippen MR) is 122 cm³/mol. The van der Waals surface area contributed by atoms with Crippen LogP contribution in [0.5, 0.6) is 0 Å². The molecule has 4 aromatic rings. The van der Waals surface area contributed by atoms with Crippen LogP contribution in [-0.2, 0) is 13.2 Å². The lowest BCUT2D eigenvalue weighted by Gasteiger charge is -2.09. The number of alkyl halides is 3. The Balaban J connectivity index is 1.46. The number of anilines is 2. The van der Waals surface area contributed by atoms with Gasteiger partial charge in [0.25, 0.3) is 11.8 Å². The van der Waals surface area contributed by atoms with Crippen LogP contribution in [0.4, 0.5) is 24.7 Å². The van der Waals surface area contributed by atoms with Crippen LogP contribution in [0.25, 0.3) is 11.3 Å². The number of nitrogens with zero attached hydrogens (tertiary/aromatic N) is 2. The zero-order valence-electron chi connectivity index (χ0n) is 17.9. The Morgan fingerprint density at radius 3 is 2.12 bits per heavy atom. The minimum absolute atomic E-state index is 0.115. The summed E-state index contributed by atoms with van der Waals surface area (Å²) in [5, 5.41) is 9.76. The molecule has 0 saturated heterocycles. The third kappa shape index (κ3) is 5.15. The second kappa shape index (κ2) is 9.22. The topological polar surface area (TPSA) is 76.0 Å². The van der Waals surface area contributed by atoms with Crippen LogP contribution in [0, 0.1) is 0 Å². The summed E-state index contributed by atoms with van der Waals surface area (Å²) < 4.78 is 40.2. The van der Waals surface area contributed by atoms with E-state index in [-0.39, 0.29) is 11.5 Å². The highest BCUT2D eigenvalue weighted by Gasteiger charge is 2.31. The van der Waals surface area contributed by atoms with Crippen LogP contribution < -0.4 is 10.6 Å². The normalized spacial score (nSPS) is 11.2. The molecule has 0 saturated carbocycles. The number of nitrogens with one attached hydrogen (secondary N) is 2. The van der Waals surface area contributed by atoms with Gasteiger partial charge in [0, 0.05) is 35.5 Å². The molecule has 0 aliphatic heterocycles. The van der Waals surface area contributed by atoms with E-state index in [4.69, 9.17) is 0 Å². The number of aryl methyl sites for hydroxylation is 1. The molecular formula is C25H19F3N4O2. The van der Waals surface area contributed by atoms with Crippen molar-refractivity contribution in [3.63, 3.8) is 0 Å². The summed E-state index contributed by atoms with van der Waals surface area (Å²) in [6.45, 7) is 0. The number of carbonyl (C=O) groups is 2. The van der Waals surface area contributed by atoms with E-state index in [2.05, 4.69) is 15.7 Å². The number of hydrogen-bond acceptors (Lipinski definition) is 3. The van der Waals surface area contributed by atoms with Crippen LogP contribution >= 0.6 is 0 Å². The molecule has 0 fully saturated rings. The number of hydrogen-bond donors (Lipinski definition) is 2. The smallest absolute Gasteiger partial charge is 0.322 e. The van der Waals surface area contributed by atoms with Gasteiger partial charge < -0.3 is 10.6 Å². The quantitative estimate of drug-likeness (QED) is 0.403. The average molecular weight is 464 g/mol. The molecule has 1 aromatic heterocycles. The van der Waals surface area contributed by atoms with Crippen molar-refractivity contribution >= 4 is 23.3 Å². The molecule has 0 radical (unpaired) electrons. The highest BCUT2D eigenvalue weighted by Crippen LogP contribution is 2.30. The molecule has 34 heavy (non-hydrogen) atoms. The van der Waals surface area contributed by atoms with E-state index in [0.29, 0.717) is 22.8 Å². The fourth-order valence-electron chi connectivity index (χ4n) is 3.27. The second-order valence-electron chi connectivity index (χ2n) is 7.47. The molecule has 9 heteroatoms. The maximum atomic E-state index is 12.9. The Bertz CT molecular complexity index is 1330. The van der Waals surface area contributed by atoms with Crippen molar-refractivity contribution < 1.29 is 22.8 Å². The van der Waals surface area contributed by atoms with Crippen molar-refractivity contribution in [1.29, 1.82) is 0 Å². The molecule has 0 atom stereocenters. The summed E-state index contributed by atoms with van der Waals surface area (Å²) in [4.78, 5) is 24.8. The van der Waals surface area contributed by atoms with Gasteiger partial charge in [-0.05, 0) is 42.5 Å². The van der Waals surface area contributed by atoms with Gasteiger partial charge in [-0.1, -0.05) is 36.4 Å². The van der Waals surface area contributed by atoms with Crippen molar-refractivity contribution in [3.8, 4) is 11.3 Å². The van der Waals surface area contributed by atoms with Gasteiger partial charge >= 0.3 is 6.18 Å². The zero-order chi connectivity index (χ0) is 24.3. The highest BCUT2D eigenvalue weighted by molar-refractivity contribution is 6.05. The summed E-state index contributed by atoms with van der Waals surface area (Å²) in [5.74, 6) is -0.593. The Labute approximate surface area is 193 Å². The molecule has 0 bridgehead atoms. The van der Waals surface area contributed by atoms with Crippen LogP contribution in [0.2, 0.25) is 0 Å². The van der Waals surface area contributed by atoms with E-state index in [0.717, 1.165) is 17.7 Å². The highest BCUT2D eigenvalue weighted by atomic mass is 19.4. The minimum atomic E-state index is -4.54. The Kier molecular flexibility index (Phi) is 6.18. The van der Waals surface area contributed by atoms with E-state index in [1.54, 1.807) is 61.6 Å². The third-order valence-corrected chi connectivity index (χ3v) is 5.05. The van der Waals surface area contributed by atoms with Crippen molar-refractivity contribution in [2.45, 2.75) is 6.18 Å².